The van der Waals surface area contributed by atoms with E-state index in [1.54, 1.807) is 6.20 Å². The van der Waals surface area contributed by atoms with Crippen LogP contribution in [-0.4, -0.2) is 16.1 Å². The molecule has 0 saturated carbocycles. The van der Waals surface area contributed by atoms with Gasteiger partial charge in [0.25, 0.3) is 0 Å². The lowest BCUT2D eigenvalue weighted by molar-refractivity contribution is -0.136. The molecule has 0 amide bonds. The third-order valence-corrected chi connectivity index (χ3v) is 7.52. The van der Waals surface area contributed by atoms with E-state index >= 15 is 0 Å². The quantitative estimate of drug-likeness (QED) is 0.295. The number of rotatable bonds is 10. The Morgan fingerprint density at radius 3 is 2.11 bits per heavy atom. The van der Waals surface area contributed by atoms with Crippen molar-refractivity contribution >= 4 is 12.0 Å². The molecule has 0 saturated heterocycles. The number of aromatic nitrogens is 1. The molecule has 0 bridgehead atoms. The number of benzene rings is 2. The number of carbonyl (C=O) groups is 1. The smallest absolute Gasteiger partial charge is 0.307 e. The average molecular weight is 482 g/mol. The third kappa shape index (κ3) is 5.84. The predicted octanol–water partition coefficient (Wildman–Crippen LogP) is 8.47. The highest BCUT2D eigenvalue weighted by Gasteiger charge is 2.31. The Kier molecular flexibility index (Phi) is 9.03. The zero-order valence-corrected chi connectivity index (χ0v) is 22.6. The molecular formula is C33H39NO2. The standard InChI is InChI=1S/C33H39NO2/c1-7-25(8-2)11-13-27-14-15-28(19-23(27)5)33(9-3,10-4)29-16-17-30(24(6)20-29)31-18-12-26(22-34-31)21-32(35)36/h7,11-20,22H,8-10,21H2,1-6H3,(H,35,36)/b13-11+,25-7+. The van der Waals surface area contributed by atoms with Gasteiger partial charge in [-0.15, -0.1) is 0 Å². The lowest BCUT2D eigenvalue weighted by Gasteiger charge is -2.34. The van der Waals surface area contributed by atoms with E-state index in [4.69, 9.17) is 5.11 Å². The maximum Gasteiger partial charge on any atom is 0.307 e. The van der Waals surface area contributed by atoms with Gasteiger partial charge in [0.2, 0.25) is 0 Å². The van der Waals surface area contributed by atoms with Crippen molar-refractivity contribution in [3.8, 4) is 11.3 Å². The minimum atomic E-state index is -0.844. The number of aliphatic carboxylic acids is 1. The number of allylic oxidation sites excluding steroid dienone is 3. The topological polar surface area (TPSA) is 50.2 Å². The van der Waals surface area contributed by atoms with Gasteiger partial charge in [-0.05, 0) is 79.5 Å². The van der Waals surface area contributed by atoms with E-state index in [0.29, 0.717) is 5.56 Å². The first-order valence-corrected chi connectivity index (χ1v) is 13.0. The van der Waals surface area contributed by atoms with Crippen molar-refractivity contribution in [1.82, 2.24) is 4.98 Å². The SMILES string of the molecule is C/C=C(/C=C/c1ccc(C(CC)(CC)c2ccc(-c3ccc(CC(=O)O)cn3)c(C)c2)cc1C)CC. The monoisotopic (exact) mass is 481 g/mol. The van der Waals surface area contributed by atoms with Crippen molar-refractivity contribution in [1.29, 1.82) is 0 Å². The van der Waals surface area contributed by atoms with Gasteiger partial charge in [0.05, 0.1) is 12.1 Å². The molecule has 188 valence electrons. The maximum absolute atomic E-state index is 11.0. The summed E-state index contributed by atoms with van der Waals surface area (Å²) in [6, 6.07) is 17.4. The highest BCUT2D eigenvalue weighted by Crippen LogP contribution is 2.41. The fraction of sp³-hybridized carbons (Fsp3) is 0.333. The molecule has 3 rings (SSSR count). The number of carboxylic acid groups (broad SMARTS) is 1. The Hall–Kier alpha value is -3.46. The highest BCUT2D eigenvalue weighted by atomic mass is 16.4. The number of hydrogen-bond acceptors (Lipinski definition) is 2. The summed E-state index contributed by atoms with van der Waals surface area (Å²) in [5.74, 6) is -0.844. The van der Waals surface area contributed by atoms with Crippen molar-refractivity contribution < 1.29 is 9.90 Å². The van der Waals surface area contributed by atoms with Crippen molar-refractivity contribution in [2.45, 2.75) is 72.6 Å². The largest absolute Gasteiger partial charge is 0.481 e. The normalized spacial score (nSPS) is 12.3. The summed E-state index contributed by atoms with van der Waals surface area (Å²) in [4.78, 5) is 15.5. The molecule has 0 aliphatic heterocycles. The summed E-state index contributed by atoms with van der Waals surface area (Å²) in [6.45, 7) is 13.2. The molecule has 0 spiro atoms. The molecule has 0 atom stereocenters. The van der Waals surface area contributed by atoms with Crippen LogP contribution in [0.25, 0.3) is 17.3 Å². The third-order valence-electron chi connectivity index (χ3n) is 7.52. The van der Waals surface area contributed by atoms with Gasteiger partial charge in [-0.1, -0.05) is 87.0 Å². The Morgan fingerprint density at radius 2 is 1.61 bits per heavy atom. The molecule has 0 fully saturated rings. The van der Waals surface area contributed by atoms with Crippen LogP contribution >= 0.6 is 0 Å². The molecule has 0 aliphatic carbocycles. The molecule has 0 unspecified atom stereocenters. The molecule has 36 heavy (non-hydrogen) atoms. The van der Waals surface area contributed by atoms with Gasteiger partial charge >= 0.3 is 5.97 Å². The van der Waals surface area contributed by atoms with Crippen LogP contribution < -0.4 is 0 Å². The average Bonchev–Trinajstić information content (AvgIpc) is 2.87. The summed E-state index contributed by atoms with van der Waals surface area (Å²) >= 11 is 0. The summed E-state index contributed by atoms with van der Waals surface area (Å²) in [6.07, 6.45) is 11.3. The van der Waals surface area contributed by atoms with Gasteiger partial charge < -0.3 is 5.11 Å². The van der Waals surface area contributed by atoms with Crippen molar-refractivity contribution in [2.75, 3.05) is 0 Å². The van der Waals surface area contributed by atoms with Crippen LogP contribution in [-0.2, 0) is 16.6 Å². The van der Waals surface area contributed by atoms with E-state index in [0.717, 1.165) is 30.5 Å². The Balaban J connectivity index is 1.97. The number of carboxylic acids is 1. The van der Waals surface area contributed by atoms with Crippen LogP contribution in [0.2, 0.25) is 0 Å². The molecule has 1 N–H and O–H groups in total. The van der Waals surface area contributed by atoms with E-state index in [-0.39, 0.29) is 11.8 Å². The van der Waals surface area contributed by atoms with Gasteiger partial charge in [0.15, 0.2) is 0 Å². The molecule has 2 aromatic carbocycles. The maximum atomic E-state index is 11.0. The van der Waals surface area contributed by atoms with E-state index in [9.17, 15) is 4.79 Å². The first kappa shape index (κ1) is 27.1. The van der Waals surface area contributed by atoms with Crippen LogP contribution in [0.15, 0.2) is 72.5 Å². The minimum Gasteiger partial charge on any atom is -0.481 e. The van der Waals surface area contributed by atoms with Crippen LogP contribution in [0.1, 0.15) is 80.3 Å². The fourth-order valence-electron chi connectivity index (χ4n) is 5.12. The number of aryl methyl sites for hydroxylation is 2. The molecule has 3 aromatic rings. The van der Waals surface area contributed by atoms with E-state index in [1.165, 1.54) is 33.4 Å². The van der Waals surface area contributed by atoms with E-state index in [2.05, 4.69) is 101 Å². The van der Waals surface area contributed by atoms with Crippen molar-refractivity contribution in [2.24, 2.45) is 0 Å². The summed E-state index contributed by atoms with van der Waals surface area (Å²) < 4.78 is 0. The van der Waals surface area contributed by atoms with Gasteiger partial charge in [0, 0.05) is 17.2 Å². The Labute approximate surface area is 216 Å². The highest BCUT2D eigenvalue weighted by molar-refractivity contribution is 5.71. The van der Waals surface area contributed by atoms with Crippen molar-refractivity contribution in [3.63, 3.8) is 0 Å². The number of nitrogens with zero attached hydrogens (tertiary/aromatic N) is 1. The van der Waals surface area contributed by atoms with Crippen LogP contribution in [0.4, 0.5) is 0 Å². The van der Waals surface area contributed by atoms with Gasteiger partial charge in [-0.3, -0.25) is 9.78 Å². The lowest BCUT2D eigenvalue weighted by Crippen LogP contribution is -2.26. The van der Waals surface area contributed by atoms with Gasteiger partial charge in [0.1, 0.15) is 0 Å². The number of hydrogen-bond donors (Lipinski definition) is 1. The predicted molar refractivity (Wildman–Crippen MR) is 151 cm³/mol. The summed E-state index contributed by atoms with van der Waals surface area (Å²) in [5, 5.41) is 9.01. The van der Waals surface area contributed by atoms with Crippen LogP contribution in [0.3, 0.4) is 0 Å². The summed E-state index contributed by atoms with van der Waals surface area (Å²) in [5.41, 5.74) is 10.3. The summed E-state index contributed by atoms with van der Waals surface area (Å²) in [7, 11) is 0. The second kappa shape index (κ2) is 12.0. The first-order chi connectivity index (χ1) is 17.3. The lowest BCUT2D eigenvalue weighted by atomic mass is 9.69. The van der Waals surface area contributed by atoms with Crippen LogP contribution in [0, 0.1) is 13.8 Å². The van der Waals surface area contributed by atoms with Crippen molar-refractivity contribution in [3.05, 3.63) is 106 Å². The second-order valence-corrected chi connectivity index (χ2v) is 9.56. The molecular weight excluding hydrogens is 442 g/mol. The van der Waals surface area contributed by atoms with Gasteiger partial charge in [-0.2, -0.15) is 0 Å². The Bertz CT molecular complexity index is 1260. The van der Waals surface area contributed by atoms with Gasteiger partial charge in [-0.25, -0.2) is 0 Å². The Morgan fingerprint density at radius 1 is 0.944 bits per heavy atom. The second-order valence-electron chi connectivity index (χ2n) is 9.56. The molecule has 0 radical (unpaired) electrons. The van der Waals surface area contributed by atoms with Crippen LogP contribution in [0.5, 0.6) is 0 Å². The molecule has 1 aromatic heterocycles. The fourth-order valence-corrected chi connectivity index (χ4v) is 5.12. The first-order valence-electron chi connectivity index (χ1n) is 13.0. The molecule has 0 aliphatic rings. The zero-order chi connectivity index (χ0) is 26.3. The molecule has 3 nitrogen and oxygen atoms in total. The zero-order valence-electron chi connectivity index (χ0n) is 22.6. The molecule has 1 heterocycles. The van der Waals surface area contributed by atoms with E-state index in [1.807, 2.05) is 12.1 Å². The minimum absolute atomic E-state index is 0.0101. The van der Waals surface area contributed by atoms with E-state index < -0.39 is 5.97 Å². The number of pyridine rings is 1. The molecule has 3 heteroatoms.